The van der Waals surface area contributed by atoms with E-state index in [1.807, 2.05) is 6.07 Å². The largest absolute Gasteiger partial charge is 0.496 e. The van der Waals surface area contributed by atoms with Crippen molar-refractivity contribution >= 4 is 34.4 Å². The smallest absolute Gasteiger partial charge is 0.240 e. The van der Waals surface area contributed by atoms with Crippen LogP contribution in [0.25, 0.3) is 0 Å². The van der Waals surface area contributed by atoms with E-state index in [4.69, 9.17) is 4.74 Å². The molecule has 1 aromatic rings. The molecule has 1 rings (SSSR count). The minimum Gasteiger partial charge on any atom is -0.496 e. The van der Waals surface area contributed by atoms with Crippen LogP contribution in [0.1, 0.15) is 0 Å². The fraction of sp³-hybridized carbons (Fsp3) is 0.125. The minimum absolute atomic E-state index is 0.588. The number of isocyanates is 1. The maximum atomic E-state index is 9.99. The number of aliphatic imine (C=N–C) groups is 1. The van der Waals surface area contributed by atoms with Crippen molar-refractivity contribution in [3.63, 3.8) is 0 Å². The van der Waals surface area contributed by atoms with E-state index < -0.39 is 0 Å². The third-order valence-corrected chi connectivity index (χ3v) is 2.41. The lowest BCUT2D eigenvalue weighted by Crippen LogP contribution is -1.85. The molecule has 0 aliphatic heterocycles. The summed E-state index contributed by atoms with van der Waals surface area (Å²) in [4.78, 5) is 13.5. The Morgan fingerprint density at radius 3 is 2.92 bits per heavy atom. The van der Waals surface area contributed by atoms with Gasteiger partial charge in [0.1, 0.15) is 5.75 Å². The van der Waals surface area contributed by atoms with Crippen molar-refractivity contribution in [2.24, 2.45) is 4.99 Å². The molecule has 4 heteroatoms. The van der Waals surface area contributed by atoms with Crippen LogP contribution in [0.5, 0.6) is 5.75 Å². The monoisotopic (exact) mass is 275 g/mol. The van der Waals surface area contributed by atoms with Gasteiger partial charge in [-0.25, -0.2) is 4.79 Å². The second-order valence-electron chi connectivity index (χ2n) is 2.00. The average Bonchev–Trinajstić information content (AvgIpc) is 2.09. The number of ether oxygens (including phenoxy) is 1. The topological polar surface area (TPSA) is 38.7 Å². The van der Waals surface area contributed by atoms with Gasteiger partial charge < -0.3 is 4.74 Å². The average molecular weight is 275 g/mol. The van der Waals surface area contributed by atoms with Crippen LogP contribution in [0.4, 0.5) is 5.69 Å². The zero-order chi connectivity index (χ0) is 8.97. The summed E-state index contributed by atoms with van der Waals surface area (Å²) in [7, 11) is 1.58. The van der Waals surface area contributed by atoms with Crippen molar-refractivity contribution < 1.29 is 9.53 Å². The number of hydrogen-bond acceptors (Lipinski definition) is 3. The Balaban J connectivity index is 3.22. The third kappa shape index (κ3) is 1.84. The lowest BCUT2D eigenvalue weighted by molar-refractivity contribution is 0.412. The zero-order valence-corrected chi connectivity index (χ0v) is 8.53. The SMILES string of the molecule is COc1cccc(N=C=O)c1I. The summed E-state index contributed by atoms with van der Waals surface area (Å²) in [5.41, 5.74) is 0.588. The van der Waals surface area contributed by atoms with Crippen LogP contribution in [-0.2, 0) is 4.79 Å². The predicted molar refractivity (Wildman–Crippen MR) is 53.5 cm³/mol. The summed E-state index contributed by atoms with van der Waals surface area (Å²) in [6.45, 7) is 0. The number of nitrogens with zero attached hydrogens (tertiary/aromatic N) is 1. The molecule has 0 unspecified atom stereocenters. The highest BCUT2D eigenvalue weighted by Gasteiger charge is 2.03. The van der Waals surface area contributed by atoms with Crippen molar-refractivity contribution in [1.29, 1.82) is 0 Å². The first-order chi connectivity index (χ1) is 5.79. The third-order valence-electron chi connectivity index (χ3n) is 1.33. The molecule has 1 aromatic carbocycles. The quantitative estimate of drug-likeness (QED) is 0.472. The van der Waals surface area contributed by atoms with Gasteiger partial charge in [-0.2, -0.15) is 4.99 Å². The normalized spacial score (nSPS) is 8.83. The molecule has 12 heavy (non-hydrogen) atoms. The van der Waals surface area contributed by atoms with Crippen molar-refractivity contribution in [2.75, 3.05) is 7.11 Å². The second kappa shape index (κ2) is 4.23. The first kappa shape index (κ1) is 9.22. The lowest BCUT2D eigenvalue weighted by atomic mass is 10.3. The fourth-order valence-corrected chi connectivity index (χ4v) is 1.49. The van der Waals surface area contributed by atoms with Crippen LogP contribution in [0.15, 0.2) is 23.2 Å². The summed E-state index contributed by atoms with van der Waals surface area (Å²) in [6.07, 6.45) is 1.49. The molecule has 0 fully saturated rings. The van der Waals surface area contributed by atoms with Gasteiger partial charge in [-0.1, -0.05) is 6.07 Å². The molecule has 0 aliphatic carbocycles. The Bertz CT molecular complexity index is 332. The van der Waals surface area contributed by atoms with Gasteiger partial charge in [-0.3, -0.25) is 0 Å². The first-order valence-corrected chi connectivity index (χ1v) is 4.28. The van der Waals surface area contributed by atoms with E-state index in [1.54, 1.807) is 19.2 Å². The second-order valence-corrected chi connectivity index (χ2v) is 3.08. The fourth-order valence-electron chi connectivity index (χ4n) is 0.792. The van der Waals surface area contributed by atoms with Gasteiger partial charge in [0, 0.05) is 0 Å². The van der Waals surface area contributed by atoms with Crippen molar-refractivity contribution in [3.8, 4) is 5.75 Å². The van der Waals surface area contributed by atoms with Gasteiger partial charge >= 0.3 is 0 Å². The summed E-state index contributed by atoms with van der Waals surface area (Å²) in [6, 6.07) is 5.32. The van der Waals surface area contributed by atoms with Gasteiger partial charge in [-0.15, -0.1) is 0 Å². The van der Waals surface area contributed by atoms with E-state index in [-0.39, 0.29) is 0 Å². The predicted octanol–water partition coefficient (Wildman–Crippen LogP) is 2.27. The number of methoxy groups -OCH3 is 1. The maximum absolute atomic E-state index is 9.99. The van der Waals surface area contributed by atoms with Gasteiger partial charge in [-0.05, 0) is 34.7 Å². The number of carbonyl (C=O) groups excluding carboxylic acids is 1. The summed E-state index contributed by atoms with van der Waals surface area (Å²) >= 11 is 2.07. The number of benzene rings is 1. The van der Waals surface area contributed by atoms with E-state index in [0.717, 1.165) is 3.57 Å². The van der Waals surface area contributed by atoms with E-state index >= 15 is 0 Å². The van der Waals surface area contributed by atoms with Crippen LogP contribution in [0.3, 0.4) is 0 Å². The highest BCUT2D eigenvalue weighted by molar-refractivity contribution is 14.1. The molecule has 0 aliphatic rings. The van der Waals surface area contributed by atoms with Crippen LogP contribution in [0.2, 0.25) is 0 Å². The Kier molecular flexibility index (Phi) is 3.25. The Labute approximate surface area is 83.6 Å². The summed E-state index contributed by atoms with van der Waals surface area (Å²) in [5.74, 6) is 0.715. The first-order valence-electron chi connectivity index (χ1n) is 3.20. The van der Waals surface area contributed by atoms with E-state index in [0.29, 0.717) is 11.4 Å². The van der Waals surface area contributed by atoms with Crippen molar-refractivity contribution in [1.82, 2.24) is 0 Å². The van der Waals surface area contributed by atoms with Crippen LogP contribution in [-0.4, -0.2) is 13.2 Å². The number of halogens is 1. The van der Waals surface area contributed by atoms with Crippen LogP contribution < -0.4 is 4.74 Å². The van der Waals surface area contributed by atoms with Crippen LogP contribution in [0, 0.1) is 3.57 Å². The molecule has 0 amide bonds. The Morgan fingerprint density at radius 2 is 2.33 bits per heavy atom. The van der Waals surface area contributed by atoms with E-state index in [2.05, 4.69) is 27.6 Å². The Hall–Kier alpha value is -0.870. The molecule has 0 saturated heterocycles. The maximum Gasteiger partial charge on any atom is 0.240 e. The Morgan fingerprint density at radius 1 is 1.58 bits per heavy atom. The zero-order valence-electron chi connectivity index (χ0n) is 6.37. The summed E-state index contributed by atoms with van der Waals surface area (Å²) in [5, 5.41) is 0. The molecule has 0 atom stereocenters. The minimum atomic E-state index is 0.588. The van der Waals surface area contributed by atoms with E-state index in [9.17, 15) is 4.79 Å². The molecule has 3 nitrogen and oxygen atoms in total. The lowest BCUT2D eigenvalue weighted by Gasteiger charge is -2.02. The van der Waals surface area contributed by atoms with Crippen molar-refractivity contribution in [3.05, 3.63) is 21.8 Å². The van der Waals surface area contributed by atoms with Crippen LogP contribution >= 0.6 is 22.6 Å². The molecule has 0 spiro atoms. The number of hydrogen-bond donors (Lipinski definition) is 0. The summed E-state index contributed by atoms with van der Waals surface area (Å²) < 4.78 is 5.85. The highest BCUT2D eigenvalue weighted by Crippen LogP contribution is 2.29. The molecule has 0 saturated carbocycles. The molecule has 0 radical (unpaired) electrons. The number of rotatable bonds is 2. The van der Waals surface area contributed by atoms with Gasteiger partial charge in [0.05, 0.1) is 16.4 Å². The van der Waals surface area contributed by atoms with Gasteiger partial charge in [0.25, 0.3) is 0 Å². The molecular weight excluding hydrogens is 269 g/mol. The van der Waals surface area contributed by atoms with E-state index in [1.165, 1.54) is 6.08 Å². The highest BCUT2D eigenvalue weighted by atomic mass is 127. The molecule has 0 bridgehead atoms. The van der Waals surface area contributed by atoms with Gasteiger partial charge in [0.15, 0.2) is 0 Å². The van der Waals surface area contributed by atoms with Crippen molar-refractivity contribution in [2.45, 2.75) is 0 Å². The molecule has 62 valence electrons. The molecule has 0 N–H and O–H groups in total. The van der Waals surface area contributed by atoms with Gasteiger partial charge in [0.2, 0.25) is 6.08 Å². The molecule has 0 aromatic heterocycles. The standard InChI is InChI=1S/C8H6INO2/c1-12-7-4-2-3-6(8(7)9)10-5-11/h2-4H,1H3. The molecule has 0 heterocycles. The molecular formula is C8H6INO2.